The molecule has 6 rings (SSSR count). The predicted molar refractivity (Wildman–Crippen MR) is 142 cm³/mol. The van der Waals surface area contributed by atoms with Gasteiger partial charge in [0, 0.05) is 45.3 Å². The highest BCUT2D eigenvalue weighted by Crippen LogP contribution is 2.37. The molecule has 0 spiro atoms. The largest absolute Gasteiger partial charge is 0.355 e. The highest BCUT2D eigenvalue weighted by Gasteiger charge is 2.32. The minimum atomic E-state index is -3.17. The van der Waals surface area contributed by atoms with E-state index >= 15 is 0 Å². The monoisotopic (exact) mass is 486 g/mol. The van der Waals surface area contributed by atoms with Crippen molar-refractivity contribution in [1.29, 1.82) is 0 Å². The van der Waals surface area contributed by atoms with E-state index in [2.05, 4.69) is 69.7 Å². The molecule has 3 aromatic heterocycles. The quantitative estimate of drug-likeness (QED) is 0.418. The number of hydrogen-bond acceptors (Lipinski definition) is 4. The average molecular weight is 487 g/mol. The van der Waals surface area contributed by atoms with E-state index in [4.69, 9.17) is 9.97 Å². The summed E-state index contributed by atoms with van der Waals surface area (Å²) in [7, 11) is -3.17. The molecule has 0 aliphatic carbocycles. The zero-order valence-electron chi connectivity index (χ0n) is 21.0. The van der Waals surface area contributed by atoms with Crippen molar-refractivity contribution in [2.45, 2.75) is 64.9 Å². The summed E-state index contributed by atoms with van der Waals surface area (Å²) in [5.74, 6) is 0.116. The number of hydrogen-bond donors (Lipinski definition) is 2. The second-order valence-corrected chi connectivity index (χ2v) is 13.0. The van der Waals surface area contributed by atoms with Crippen molar-refractivity contribution in [3.05, 3.63) is 69.3 Å². The molecule has 0 radical (unpaired) electrons. The van der Waals surface area contributed by atoms with Crippen LogP contribution in [0.5, 0.6) is 0 Å². The predicted octanol–water partition coefficient (Wildman–Crippen LogP) is 5.83. The molecule has 3 aliphatic rings. The third kappa shape index (κ3) is 3.47. The Kier molecular flexibility index (Phi) is 4.56. The first-order valence-electron chi connectivity index (χ1n) is 12.0. The van der Waals surface area contributed by atoms with Crippen molar-refractivity contribution in [3.8, 4) is 0 Å². The van der Waals surface area contributed by atoms with Gasteiger partial charge in [-0.05, 0) is 85.4 Å². The fourth-order valence-electron chi connectivity index (χ4n) is 5.45. The summed E-state index contributed by atoms with van der Waals surface area (Å²) in [4.78, 5) is 17.1. The Bertz CT molecular complexity index is 1750. The van der Waals surface area contributed by atoms with E-state index in [1.54, 1.807) is 0 Å². The molecule has 0 fully saturated rings. The maximum atomic E-state index is 12.6. The lowest BCUT2D eigenvalue weighted by molar-refractivity contribution is 0.543. The molecule has 8 bridgehead atoms. The van der Waals surface area contributed by atoms with Gasteiger partial charge in [0.25, 0.3) is 0 Å². The maximum absolute atomic E-state index is 12.6. The SMILES string of the molecule is CC1=C(C)c2cc3[nH]c(cc4nc(cc5[nH]c(cc1n2)c(C)c5C)CC4(C)C)c1c3CS(=O)(=O)C1. The number of aromatic nitrogens is 4. The van der Waals surface area contributed by atoms with Crippen molar-refractivity contribution >= 4 is 43.1 Å². The van der Waals surface area contributed by atoms with Crippen LogP contribution in [0.4, 0.5) is 0 Å². The van der Waals surface area contributed by atoms with E-state index in [0.717, 1.165) is 73.5 Å². The Balaban J connectivity index is 1.79. The van der Waals surface area contributed by atoms with Crippen LogP contribution in [0, 0.1) is 13.8 Å². The minimum absolute atomic E-state index is 0.0562. The molecule has 3 aromatic rings. The summed E-state index contributed by atoms with van der Waals surface area (Å²) in [5.41, 5.74) is 13.8. The summed E-state index contributed by atoms with van der Waals surface area (Å²) >= 11 is 0. The van der Waals surface area contributed by atoms with E-state index in [1.165, 1.54) is 11.1 Å². The molecule has 0 aromatic carbocycles. The fraction of sp³-hybridized carbons (Fsp3) is 0.357. The molecule has 0 unspecified atom stereocenters. The normalized spacial score (nSPS) is 18.2. The third-order valence-corrected chi connectivity index (χ3v) is 9.42. The second-order valence-electron chi connectivity index (χ2n) is 10.9. The molecule has 35 heavy (non-hydrogen) atoms. The summed E-state index contributed by atoms with van der Waals surface area (Å²) in [6.07, 6.45) is 0.821. The Morgan fingerprint density at radius 3 is 1.89 bits per heavy atom. The standard InChI is InChI=1S/C28H30N4O2S/c1-14-15(2)22-8-23-16(3)17(4)24(31-23)9-25-19-12-35(33,34)13-20(19)26(32-25)10-27-28(5,6)11-18(29-27)7-21(14)30-22/h7-10,30,32H,11-13H2,1-6H3. The van der Waals surface area contributed by atoms with Gasteiger partial charge in [-0.2, -0.15) is 0 Å². The van der Waals surface area contributed by atoms with Gasteiger partial charge in [-0.3, -0.25) is 4.98 Å². The van der Waals surface area contributed by atoms with Crippen molar-refractivity contribution < 1.29 is 8.42 Å². The zero-order chi connectivity index (χ0) is 24.9. The fourth-order valence-corrected chi connectivity index (χ4v) is 7.09. The van der Waals surface area contributed by atoms with Crippen molar-refractivity contribution in [3.63, 3.8) is 0 Å². The van der Waals surface area contributed by atoms with E-state index in [0.29, 0.717) is 0 Å². The number of allylic oxidation sites excluding steroid dienone is 2. The van der Waals surface area contributed by atoms with E-state index in [1.807, 2.05) is 6.07 Å². The molecule has 0 saturated heterocycles. The first-order chi connectivity index (χ1) is 16.4. The summed E-state index contributed by atoms with van der Waals surface area (Å²) < 4.78 is 25.2. The molecule has 180 valence electrons. The number of aryl methyl sites for hydroxylation is 2. The molecule has 3 aliphatic heterocycles. The molecular formula is C28H30N4O2S. The average Bonchev–Trinajstić information content (AvgIpc) is 3.48. The number of aromatic amines is 2. The van der Waals surface area contributed by atoms with Crippen LogP contribution in [0.2, 0.25) is 0 Å². The van der Waals surface area contributed by atoms with Crippen LogP contribution >= 0.6 is 0 Å². The lowest BCUT2D eigenvalue weighted by Crippen LogP contribution is -2.15. The number of nitrogens with one attached hydrogen (secondary N) is 2. The molecule has 0 saturated carbocycles. The van der Waals surface area contributed by atoms with E-state index in [9.17, 15) is 8.42 Å². The minimum Gasteiger partial charge on any atom is -0.355 e. The van der Waals surface area contributed by atoms with Crippen molar-refractivity contribution in [2.24, 2.45) is 0 Å². The number of H-pyrrole nitrogens is 2. The van der Waals surface area contributed by atoms with Crippen LogP contribution in [0.25, 0.3) is 33.2 Å². The maximum Gasteiger partial charge on any atom is 0.158 e. The molecule has 6 nitrogen and oxygen atoms in total. The lowest BCUT2D eigenvalue weighted by Gasteiger charge is -2.15. The van der Waals surface area contributed by atoms with Crippen LogP contribution in [0.15, 0.2) is 24.3 Å². The van der Waals surface area contributed by atoms with Crippen LogP contribution in [-0.2, 0) is 33.2 Å². The van der Waals surface area contributed by atoms with Gasteiger partial charge in [-0.1, -0.05) is 13.8 Å². The van der Waals surface area contributed by atoms with Gasteiger partial charge < -0.3 is 9.97 Å². The van der Waals surface area contributed by atoms with Gasteiger partial charge in [-0.15, -0.1) is 0 Å². The van der Waals surface area contributed by atoms with E-state index in [-0.39, 0.29) is 16.9 Å². The number of rotatable bonds is 0. The molecule has 0 atom stereocenters. The molecule has 0 amide bonds. The van der Waals surface area contributed by atoms with Crippen LogP contribution < -0.4 is 0 Å². The summed E-state index contributed by atoms with van der Waals surface area (Å²) in [6.45, 7) is 12.8. The summed E-state index contributed by atoms with van der Waals surface area (Å²) in [5, 5.41) is 0. The van der Waals surface area contributed by atoms with Gasteiger partial charge in [0.2, 0.25) is 0 Å². The first kappa shape index (κ1) is 22.3. The Hall–Kier alpha value is -3.19. The van der Waals surface area contributed by atoms with Gasteiger partial charge in [0.15, 0.2) is 9.84 Å². The highest BCUT2D eigenvalue weighted by molar-refractivity contribution is 7.90. The molecule has 6 heterocycles. The van der Waals surface area contributed by atoms with Crippen molar-refractivity contribution in [2.75, 3.05) is 0 Å². The highest BCUT2D eigenvalue weighted by atomic mass is 32.2. The molecule has 7 heteroatoms. The Morgan fingerprint density at radius 2 is 1.26 bits per heavy atom. The van der Waals surface area contributed by atoms with Gasteiger partial charge >= 0.3 is 0 Å². The second kappa shape index (κ2) is 7.17. The van der Waals surface area contributed by atoms with Gasteiger partial charge in [0.1, 0.15) is 0 Å². The zero-order valence-corrected chi connectivity index (χ0v) is 21.9. The lowest BCUT2D eigenvalue weighted by atomic mass is 9.87. The Labute approximate surface area is 205 Å². The van der Waals surface area contributed by atoms with E-state index < -0.39 is 9.84 Å². The van der Waals surface area contributed by atoms with Gasteiger partial charge in [-0.25, -0.2) is 13.4 Å². The van der Waals surface area contributed by atoms with Crippen LogP contribution in [0.1, 0.15) is 72.7 Å². The van der Waals surface area contributed by atoms with Crippen LogP contribution in [0.3, 0.4) is 0 Å². The third-order valence-electron chi connectivity index (χ3n) is 7.96. The number of nitrogens with zero attached hydrogens (tertiary/aromatic N) is 2. The van der Waals surface area contributed by atoms with Gasteiger partial charge in [0.05, 0.1) is 22.9 Å². The van der Waals surface area contributed by atoms with Crippen LogP contribution in [-0.4, -0.2) is 28.4 Å². The van der Waals surface area contributed by atoms with Crippen molar-refractivity contribution in [1.82, 2.24) is 19.9 Å². The Morgan fingerprint density at radius 1 is 0.743 bits per heavy atom. The molecule has 2 N–H and O–H groups in total. The number of sulfone groups is 1. The topological polar surface area (TPSA) is 91.5 Å². The molecular weight excluding hydrogens is 456 g/mol. The number of fused-ring (bicyclic) bond motifs is 11. The first-order valence-corrected chi connectivity index (χ1v) is 13.9. The smallest absolute Gasteiger partial charge is 0.158 e. The summed E-state index contributed by atoms with van der Waals surface area (Å²) in [6, 6.07) is 8.33.